The average Bonchev–Trinajstić information content (AvgIpc) is 2.20. The highest BCUT2D eigenvalue weighted by molar-refractivity contribution is 5.68. The number of hydrogen-bond acceptors (Lipinski definition) is 5. The Morgan fingerprint density at radius 3 is 2.33 bits per heavy atom. The molecule has 100 valence electrons. The van der Waals surface area contributed by atoms with Crippen molar-refractivity contribution in [1.82, 2.24) is 15.2 Å². The van der Waals surface area contributed by atoms with E-state index in [1.165, 1.54) is 0 Å². The second-order valence-electron chi connectivity index (χ2n) is 5.47. The van der Waals surface area contributed by atoms with E-state index in [2.05, 4.69) is 20.5 Å². The minimum absolute atomic E-state index is 0.0137. The van der Waals surface area contributed by atoms with E-state index >= 15 is 0 Å². The van der Waals surface area contributed by atoms with Gasteiger partial charge in [-0.1, -0.05) is 20.8 Å². The Balaban J connectivity index is 2.89. The molecular formula is C12H20N4O2. The van der Waals surface area contributed by atoms with Crippen molar-refractivity contribution < 1.29 is 9.90 Å². The summed E-state index contributed by atoms with van der Waals surface area (Å²) >= 11 is 0. The zero-order valence-corrected chi connectivity index (χ0v) is 11.5. The number of aromatic nitrogens is 3. The number of anilines is 1. The van der Waals surface area contributed by atoms with E-state index < -0.39 is 5.97 Å². The molecule has 1 aromatic heterocycles. The standard InChI is InChI=1S/C12H20N4O2/c1-7-8(2)15-16-11(13-7)14-9(6-10(17)18)12(3,4)5/h9H,6H2,1-5H3,(H,17,18)(H,13,14,16). The van der Waals surface area contributed by atoms with Crippen LogP contribution in [0.4, 0.5) is 5.95 Å². The summed E-state index contributed by atoms with van der Waals surface area (Å²) in [5, 5.41) is 19.9. The number of carboxylic acid groups (broad SMARTS) is 1. The van der Waals surface area contributed by atoms with Gasteiger partial charge in [-0.15, -0.1) is 5.10 Å². The zero-order valence-electron chi connectivity index (χ0n) is 11.5. The first-order valence-electron chi connectivity index (χ1n) is 5.86. The Kier molecular flexibility index (Phi) is 4.21. The molecule has 0 spiro atoms. The van der Waals surface area contributed by atoms with Crippen molar-refractivity contribution >= 4 is 11.9 Å². The monoisotopic (exact) mass is 252 g/mol. The van der Waals surface area contributed by atoms with Gasteiger partial charge in [0.15, 0.2) is 0 Å². The van der Waals surface area contributed by atoms with Gasteiger partial charge >= 0.3 is 5.97 Å². The number of carbonyl (C=O) groups is 1. The molecule has 0 aliphatic rings. The number of carboxylic acids is 1. The van der Waals surface area contributed by atoms with Crippen LogP contribution in [0.25, 0.3) is 0 Å². The van der Waals surface area contributed by atoms with E-state index in [-0.39, 0.29) is 17.9 Å². The van der Waals surface area contributed by atoms with E-state index in [9.17, 15) is 4.79 Å². The zero-order chi connectivity index (χ0) is 13.9. The minimum atomic E-state index is -0.848. The van der Waals surface area contributed by atoms with Crippen molar-refractivity contribution in [2.24, 2.45) is 5.41 Å². The van der Waals surface area contributed by atoms with Crippen LogP contribution in [0.15, 0.2) is 0 Å². The van der Waals surface area contributed by atoms with E-state index in [0.717, 1.165) is 11.4 Å². The van der Waals surface area contributed by atoms with Gasteiger partial charge in [-0.05, 0) is 19.3 Å². The largest absolute Gasteiger partial charge is 0.481 e. The third-order valence-corrected chi connectivity index (χ3v) is 2.82. The van der Waals surface area contributed by atoms with Crippen LogP contribution in [0.1, 0.15) is 38.6 Å². The fourth-order valence-corrected chi connectivity index (χ4v) is 1.42. The van der Waals surface area contributed by atoms with Gasteiger partial charge < -0.3 is 10.4 Å². The van der Waals surface area contributed by atoms with E-state index in [0.29, 0.717) is 5.95 Å². The van der Waals surface area contributed by atoms with Gasteiger partial charge in [-0.25, -0.2) is 4.98 Å². The van der Waals surface area contributed by atoms with Crippen molar-refractivity contribution in [3.8, 4) is 0 Å². The van der Waals surface area contributed by atoms with Gasteiger partial charge in [0.2, 0.25) is 5.95 Å². The van der Waals surface area contributed by atoms with Gasteiger partial charge in [-0.2, -0.15) is 5.10 Å². The van der Waals surface area contributed by atoms with Crippen molar-refractivity contribution in [1.29, 1.82) is 0 Å². The number of hydrogen-bond donors (Lipinski definition) is 2. The Bertz CT molecular complexity index is 440. The maximum absolute atomic E-state index is 10.9. The lowest BCUT2D eigenvalue weighted by molar-refractivity contribution is -0.137. The molecule has 1 atom stereocenters. The van der Waals surface area contributed by atoms with Crippen LogP contribution in [0.2, 0.25) is 0 Å². The third-order valence-electron chi connectivity index (χ3n) is 2.82. The molecule has 0 aromatic carbocycles. The highest BCUT2D eigenvalue weighted by atomic mass is 16.4. The Morgan fingerprint density at radius 2 is 1.89 bits per heavy atom. The molecular weight excluding hydrogens is 232 g/mol. The number of rotatable bonds is 4. The molecule has 0 fully saturated rings. The molecule has 1 aromatic rings. The summed E-state index contributed by atoms with van der Waals surface area (Å²) in [6.07, 6.45) is 0.0137. The van der Waals surface area contributed by atoms with Crippen molar-refractivity contribution in [2.75, 3.05) is 5.32 Å². The molecule has 0 amide bonds. The van der Waals surface area contributed by atoms with Crippen LogP contribution >= 0.6 is 0 Å². The summed E-state index contributed by atoms with van der Waals surface area (Å²) in [5.74, 6) is -0.474. The molecule has 18 heavy (non-hydrogen) atoms. The smallest absolute Gasteiger partial charge is 0.305 e. The van der Waals surface area contributed by atoms with Crippen molar-refractivity contribution in [3.63, 3.8) is 0 Å². The average molecular weight is 252 g/mol. The Hall–Kier alpha value is -1.72. The third kappa shape index (κ3) is 3.94. The summed E-state index contributed by atoms with van der Waals surface area (Å²) in [7, 11) is 0. The molecule has 0 aliphatic carbocycles. The summed E-state index contributed by atoms with van der Waals surface area (Å²) < 4.78 is 0. The Labute approximate surface area is 107 Å². The van der Waals surface area contributed by atoms with Crippen LogP contribution < -0.4 is 5.32 Å². The highest BCUT2D eigenvalue weighted by Crippen LogP contribution is 2.24. The van der Waals surface area contributed by atoms with Gasteiger partial charge in [0, 0.05) is 6.04 Å². The summed E-state index contributed by atoms with van der Waals surface area (Å²) in [6, 6.07) is -0.251. The summed E-state index contributed by atoms with van der Waals surface area (Å²) in [4.78, 5) is 15.1. The molecule has 1 unspecified atom stereocenters. The van der Waals surface area contributed by atoms with Crippen LogP contribution in [0.5, 0.6) is 0 Å². The number of nitrogens with one attached hydrogen (secondary N) is 1. The second kappa shape index (κ2) is 5.29. The molecule has 6 heteroatoms. The molecule has 2 N–H and O–H groups in total. The van der Waals surface area contributed by atoms with E-state index in [1.54, 1.807) is 0 Å². The van der Waals surface area contributed by atoms with Crippen molar-refractivity contribution in [3.05, 3.63) is 11.4 Å². The maximum Gasteiger partial charge on any atom is 0.305 e. The lowest BCUT2D eigenvalue weighted by Gasteiger charge is -2.30. The SMILES string of the molecule is Cc1nnc(NC(CC(=O)O)C(C)(C)C)nc1C. The van der Waals surface area contributed by atoms with Gasteiger partial charge in [-0.3, -0.25) is 4.79 Å². The maximum atomic E-state index is 10.9. The lowest BCUT2D eigenvalue weighted by atomic mass is 9.85. The number of nitrogens with zero attached hydrogens (tertiary/aromatic N) is 3. The normalized spacial score (nSPS) is 13.2. The molecule has 0 saturated heterocycles. The second-order valence-corrected chi connectivity index (χ2v) is 5.47. The lowest BCUT2D eigenvalue weighted by Crippen LogP contribution is -2.36. The molecule has 0 aliphatic heterocycles. The molecule has 6 nitrogen and oxygen atoms in total. The summed E-state index contributed by atoms with van der Waals surface area (Å²) in [6.45, 7) is 9.60. The van der Waals surface area contributed by atoms with Crippen LogP contribution in [0.3, 0.4) is 0 Å². The fourth-order valence-electron chi connectivity index (χ4n) is 1.42. The van der Waals surface area contributed by atoms with Gasteiger partial charge in [0.05, 0.1) is 17.8 Å². The molecule has 0 radical (unpaired) electrons. The first-order valence-corrected chi connectivity index (χ1v) is 5.86. The van der Waals surface area contributed by atoms with Crippen LogP contribution in [-0.2, 0) is 4.79 Å². The predicted molar refractivity (Wildman–Crippen MR) is 68.4 cm³/mol. The van der Waals surface area contributed by atoms with E-state index in [1.807, 2.05) is 34.6 Å². The first-order chi connectivity index (χ1) is 8.20. The van der Waals surface area contributed by atoms with Gasteiger partial charge in [0.25, 0.3) is 0 Å². The molecule has 0 saturated carbocycles. The Morgan fingerprint density at radius 1 is 1.28 bits per heavy atom. The van der Waals surface area contributed by atoms with Crippen molar-refractivity contribution in [2.45, 2.75) is 47.1 Å². The number of aryl methyl sites for hydroxylation is 2. The fraction of sp³-hybridized carbons (Fsp3) is 0.667. The highest BCUT2D eigenvalue weighted by Gasteiger charge is 2.27. The summed E-state index contributed by atoms with van der Waals surface area (Å²) in [5.41, 5.74) is 1.35. The molecule has 1 heterocycles. The topological polar surface area (TPSA) is 88.0 Å². The number of aliphatic carboxylic acids is 1. The molecule has 1 rings (SSSR count). The predicted octanol–water partition coefficient (Wildman–Crippen LogP) is 1.79. The minimum Gasteiger partial charge on any atom is -0.481 e. The molecule has 0 bridgehead atoms. The van der Waals surface area contributed by atoms with E-state index in [4.69, 9.17) is 5.11 Å². The van der Waals surface area contributed by atoms with Crippen LogP contribution in [0, 0.1) is 19.3 Å². The quantitative estimate of drug-likeness (QED) is 0.849. The van der Waals surface area contributed by atoms with Gasteiger partial charge in [0.1, 0.15) is 0 Å². The van der Waals surface area contributed by atoms with Crippen LogP contribution in [-0.4, -0.2) is 32.3 Å². The first kappa shape index (κ1) is 14.3.